The molecular formula is C21H23ClN2O4S. The molecule has 8 heteroatoms. The molecule has 3 rings (SSSR count). The lowest BCUT2D eigenvalue weighted by molar-refractivity contribution is 0.0997. The molecule has 1 N–H and O–H groups in total. The second-order valence-corrected chi connectivity index (χ2v) is 9.04. The number of para-hydroxylation sites is 1. The van der Waals surface area contributed by atoms with Crippen molar-refractivity contribution in [3.05, 3.63) is 58.3 Å². The van der Waals surface area contributed by atoms with Gasteiger partial charge in [0.05, 0.1) is 9.92 Å². The van der Waals surface area contributed by atoms with E-state index in [0.717, 1.165) is 10.9 Å². The standard InChI is InChI=1S/C21H23ClN2O4S/c1-5-24(6-2)29(26,27)15-11-10-13(3)18(12-15)23-21(25)19-14(4)16-8-7-9-17(22)20(16)28-19/h7-12H,5-6H2,1-4H3,(H,23,25). The summed E-state index contributed by atoms with van der Waals surface area (Å²) in [5.74, 6) is -0.320. The number of sulfonamides is 1. The summed E-state index contributed by atoms with van der Waals surface area (Å²) >= 11 is 6.16. The van der Waals surface area contributed by atoms with Gasteiger partial charge in [-0.2, -0.15) is 4.31 Å². The van der Waals surface area contributed by atoms with E-state index in [4.69, 9.17) is 16.0 Å². The van der Waals surface area contributed by atoms with E-state index in [1.54, 1.807) is 52.0 Å². The Labute approximate surface area is 175 Å². The molecule has 0 unspecified atom stereocenters. The predicted molar refractivity (Wildman–Crippen MR) is 115 cm³/mol. The van der Waals surface area contributed by atoms with Crippen molar-refractivity contribution >= 4 is 44.2 Å². The van der Waals surface area contributed by atoms with Crippen molar-refractivity contribution in [3.63, 3.8) is 0 Å². The fourth-order valence-corrected chi connectivity index (χ4v) is 4.91. The van der Waals surface area contributed by atoms with Crippen LogP contribution >= 0.6 is 11.6 Å². The molecule has 2 aromatic carbocycles. The van der Waals surface area contributed by atoms with Gasteiger partial charge in [0.2, 0.25) is 10.0 Å². The minimum atomic E-state index is -3.63. The van der Waals surface area contributed by atoms with Crippen molar-refractivity contribution in [2.75, 3.05) is 18.4 Å². The molecule has 0 atom stereocenters. The van der Waals surface area contributed by atoms with Gasteiger partial charge in [0.1, 0.15) is 0 Å². The van der Waals surface area contributed by atoms with Gasteiger partial charge in [0.25, 0.3) is 5.91 Å². The van der Waals surface area contributed by atoms with E-state index in [1.807, 2.05) is 6.07 Å². The van der Waals surface area contributed by atoms with Gasteiger partial charge >= 0.3 is 0 Å². The second kappa shape index (κ2) is 8.18. The van der Waals surface area contributed by atoms with Gasteiger partial charge in [-0.15, -0.1) is 0 Å². The Hall–Kier alpha value is -2.35. The Bertz CT molecular complexity index is 1180. The predicted octanol–water partition coefficient (Wildman–Crippen LogP) is 4.99. The molecule has 29 heavy (non-hydrogen) atoms. The Kier molecular flexibility index (Phi) is 6.03. The summed E-state index contributed by atoms with van der Waals surface area (Å²) in [5.41, 5.74) is 2.27. The number of carbonyl (C=O) groups is 1. The first kappa shape index (κ1) is 21.4. The average Bonchev–Trinajstić information content (AvgIpc) is 3.02. The SMILES string of the molecule is CCN(CC)S(=O)(=O)c1ccc(C)c(NC(=O)c2oc3c(Cl)cccc3c2C)c1. The third kappa shape index (κ3) is 3.90. The minimum Gasteiger partial charge on any atom is -0.449 e. The lowest BCUT2D eigenvalue weighted by Gasteiger charge is -2.19. The Morgan fingerprint density at radius 1 is 1.14 bits per heavy atom. The van der Waals surface area contributed by atoms with Crippen LogP contribution in [0.3, 0.4) is 0 Å². The minimum absolute atomic E-state index is 0.131. The summed E-state index contributed by atoms with van der Waals surface area (Å²) in [4.78, 5) is 13.0. The van der Waals surface area contributed by atoms with E-state index < -0.39 is 15.9 Å². The van der Waals surface area contributed by atoms with Gasteiger partial charge < -0.3 is 9.73 Å². The number of aryl methyl sites for hydroxylation is 2. The molecule has 0 aliphatic heterocycles. The molecule has 1 amide bonds. The fraction of sp³-hybridized carbons (Fsp3) is 0.286. The normalized spacial score (nSPS) is 11.9. The first-order valence-corrected chi connectivity index (χ1v) is 11.1. The highest BCUT2D eigenvalue weighted by Crippen LogP contribution is 2.31. The maximum Gasteiger partial charge on any atom is 0.291 e. The van der Waals surface area contributed by atoms with Crippen molar-refractivity contribution < 1.29 is 17.6 Å². The number of nitrogens with one attached hydrogen (secondary N) is 1. The Morgan fingerprint density at radius 2 is 1.83 bits per heavy atom. The van der Waals surface area contributed by atoms with Crippen molar-refractivity contribution in [2.24, 2.45) is 0 Å². The summed E-state index contributed by atoms with van der Waals surface area (Å²) < 4.78 is 32.7. The summed E-state index contributed by atoms with van der Waals surface area (Å²) in [6.45, 7) is 7.89. The van der Waals surface area contributed by atoms with Crippen molar-refractivity contribution in [1.29, 1.82) is 0 Å². The molecule has 0 fully saturated rings. The van der Waals surface area contributed by atoms with Crippen molar-refractivity contribution in [2.45, 2.75) is 32.6 Å². The highest BCUT2D eigenvalue weighted by atomic mass is 35.5. The van der Waals surface area contributed by atoms with Gasteiger partial charge in [0.15, 0.2) is 11.3 Å². The highest BCUT2D eigenvalue weighted by Gasteiger charge is 2.24. The highest BCUT2D eigenvalue weighted by molar-refractivity contribution is 7.89. The first-order valence-electron chi connectivity index (χ1n) is 9.30. The molecule has 0 aliphatic carbocycles. The number of hydrogen-bond acceptors (Lipinski definition) is 4. The number of rotatable bonds is 6. The first-order chi connectivity index (χ1) is 13.7. The van der Waals surface area contributed by atoms with Gasteiger partial charge in [-0.3, -0.25) is 4.79 Å². The third-order valence-electron chi connectivity index (χ3n) is 4.92. The zero-order valence-electron chi connectivity index (χ0n) is 16.7. The zero-order chi connectivity index (χ0) is 21.3. The summed E-state index contributed by atoms with van der Waals surface area (Å²) in [5, 5.41) is 3.96. The number of hydrogen-bond donors (Lipinski definition) is 1. The topological polar surface area (TPSA) is 79.6 Å². The smallest absolute Gasteiger partial charge is 0.291 e. The van der Waals surface area contributed by atoms with Gasteiger partial charge in [0, 0.05) is 29.7 Å². The maximum atomic E-state index is 12.9. The van der Waals surface area contributed by atoms with E-state index in [1.165, 1.54) is 10.4 Å². The van der Waals surface area contributed by atoms with E-state index >= 15 is 0 Å². The van der Waals surface area contributed by atoms with Crippen LogP contribution in [-0.4, -0.2) is 31.7 Å². The Balaban J connectivity index is 1.98. The van der Waals surface area contributed by atoms with Crippen molar-refractivity contribution in [1.82, 2.24) is 4.31 Å². The molecule has 154 valence electrons. The zero-order valence-corrected chi connectivity index (χ0v) is 18.3. The summed E-state index contributed by atoms with van der Waals surface area (Å²) in [6.07, 6.45) is 0. The lowest BCUT2D eigenvalue weighted by Crippen LogP contribution is -2.30. The van der Waals surface area contributed by atoms with Crippen LogP contribution in [0.5, 0.6) is 0 Å². The van der Waals surface area contributed by atoms with Gasteiger partial charge in [-0.25, -0.2) is 8.42 Å². The lowest BCUT2D eigenvalue weighted by atomic mass is 10.1. The molecule has 0 radical (unpaired) electrons. The quantitative estimate of drug-likeness (QED) is 0.592. The monoisotopic (exact) mass is 434 g/mol. The molecule has 0 spiro atoms. The van der Waals surface area contributed by atoms with Crippen molar-refractivity contribution in [3.8, 4) is 0 Å². The Morgan fingerprint density at radius 3 is 2.45 bits per heavy atom. The second-order valence-electron chi connectivity index (χ2n) is 6.69. The third-order valence-corrected chi connectivity index (χ3v) is 7.27. The van der Waals surface area contributed by atoms with E-state index in [2.05, 4.69) is 5.32 Å². The van der Waals surface area contributed by atoms with Crippen LogP contribution in [-0.2, 0) is 10.0 Å². The van der Waals surface area contributed by atoms with E-state index in [0.29, 0.717) is 34.9 Å². The molecule has 1 heterocycles. The molecule has 0 saturated carbocycles. The average molecular weight is 435 g/mol. The number of amides is 1. The van der Waals surface area contributed by atoms with Crippen LogP contribution in [0.25, 0.3) is 11.0 Å². The van der Waals surface area contributed by atoms with Crippen LogP contribution in [0.2, 0.25) is 5.02 Å². The number of halogens is 1. The van der Waals surface area contributed by atoms with E-state index in [-0.39, 0.29) is 10.7 Å². The van der Waals surface area contributed by atoms with Crippen LogP contribution < -0.4 is 5.32 Å². The summed E-state index contributed by atoms with van der Waals surface area (Å²) in [7, 11) is -3.63. The summed E-state index contributed by atoms with van der Waals surface area (Å²) in [6, 6.07) is 10.0. The van der Waals surface area contributed by atoms with Crippen LogP contribution in [0.4, 0.5) is 5.69 Å². The molecular weight excluding hydrogens is 412 g/mol. The fourth-order valence-electron chi connectivity index (χ4n) is 3.21. The maximum absolute atomic E-state index is 12.9. The van der Waals surface area contributed by atoms with Gasteiger partial charge in [-0.1, -0.05) is 43.6 Å². The number of anilines is 1. The number of benzene rings is 2. The number of nitrogens with zero attached hydrogens (tertiary/aromatic N) is 1. The van der Waals surface area contributed by atoms with E-state index in [9.17, 15) is 13.2 Å². The van der Waals surface area contributed by atoms with Crippen LogP contribution in [0, 0.1) is 13.8 Å². The number of carbonyl (C=O) groups excluding carboxylic acids is 1. The number of fused-ring (bicyclic) bond motifs is 1. The number of furan rings is 1. The molecule has 6 nitrogen and oxygen atoms in total. The van der Waals surface area contributed by atoms with Gasteiger partial charge in [-0.05, 0) is 37.6 Å². The molecule has 0 bridgehead atoms. The molecule has 0 aliphatic rings. The molecule has 3 aromatic rings. The molecule has 1 aromatic heterocycles. The largest absolute Gasteiger partial charge is 0.449 e. The molecule has 0 saturated heterocycles. The van der Waals surface area contributed by atoms with Crippen LogP contribution in [0.15, 0.2) is 45.7 Å². The van der Waals surface area contributed by atoms with Crippen LogP contribution in [0.1, 0.15) is 35.5 Å².